The first-order chi connectivity index (χ1) is 53.8. The number of hydrogen-bond donors (Lipinski definition) is 19. The SMILES string of the molecule is COC1CCC(C(=O)NCCCCC(C(=O)NCCCCCC(=O)NCCOCCOC2OC(CO)C(O)C(O)C2NC(C)=O)N(CC(=O)NCCCCCC(=O)NCCOCCOC2OC(CO)C(O)C(O)C2NC(C)=O)CC(=O)NCCCCCC(=O)NCCOCCOC2OC(CO)C(O)C(O)C2NC(C)=O)CC1. The smallest absolute Gasteiger partial charge is 0.237 e. The average molecular weight is 1610 g/mol. The van der Waals surface area contributed by atoms with E-state index in [1.807, 2.05) is 0 Å². The van der Waals surface area contributed by atoms with E-state index in [1.54, 1.807) is 7.11 Å². The normalized spacial score (nSPS) is 26.1. The molecule has 4 fully saturated rings. The third kappa shape index (κ3) is 38.6. The third-order valence-electron chi connectivity index (χ3n) is 19.2. The van der Waals surface area contributed by atoms with Gasteiger partial charge in [-0.2, -0.15) is 0 Å². The van der Waals surface area contributed by atoms with Crippen LogP contribution in [0, 0.1) is 5.92 Å². The van der Waals surface area contributed by atoms with E-state index in [0.29, 0.717) is 90.0 Å². The monoisotopic (exact) mass is 1610 g/mol. The fourth-order valence-electron chi connectivity index (χ4n) is 13.0. The molecule has 19 N–H and O–H groups in total. The molecule has 0 spiro atoms. The Hall–Kier alpha value is -6.10. The van der Waals surface area contributed by atoms with Crippen molar-refractivity contribution in [1.82, 2.24) is 58.1 Å². The zero-order valence-electron chi connectivity index (χ0n) is 65.3. The third-order valence-corrected chi connectivity index (χ3v) is 19.2. The maximum Gasteiger partial charge on any atom is 0.237 e. The van der Waals surface area contributed by atoms with Gasteiger partial charge >= 0.3 is 0 Å². The van der Waals surface area contributed by atoms with Crippen LogP contribution in [0.15, 0.2) is 0 Å². The minimum atomic E-state index is -1.47. The van der Waals surface area contributed by atoms with Gasteiger partial charge in [-0.15, -0.1) is 0 Å². The number of rotatable bonds is 58. The van der Waals surface area contributed by atoms with E-state index in [2.05, 4.69) is 53.2 Å². The van der Waals surface area contributed by atoms with Crippen molar-refractivity contribution in [1.29, 1.82) is 0 Å². The molecular weight excluding hydrogens is 1480 g/mol. The second kappa shape index (κ2) is 57.0. The van der Waals surface area contributed by atoms with Crippen LogP contribution in [-0.4, -0.2) is 359 Å². The van der Waals surface area contributed by atoms with Gasteiger partial charge in [0, 0.05) is 98.9 Å². The summed E-state index contributed by atoms with van der Waals surface area (Å²) in [6.45, 7) is 3.18. The Morgan fingerprint density at radius 1 is 0.384 bits per heavy atom. The Bertz CT molecular complexity index is 2630. The van der Waals surface area contributed by atoms with Crippen LogP contribution in [0.25, 0.3) is 0 Å². The number of ether oxygens (including phenoxy) is 10. The Morgan fingerprint density at radius 3 is 1.05 bits per heavy atom. The van der Waals surface area contributed by atoms with Crippen LogP contribution in [0.5, 0.6) is 0 Å². The van der Waals surface area contributed by atoms with E-state index in [4.69, 9.17) is 47.4 Å². The molecule has 112 heavy (non-hydrogen) atoms. The number of amides is 10. The lowest BCUT2D eigenvalue weighted by Gasteiger charge is -2.42. The van der Waals surface area contributed by atoms with E-state index >= 15 is 0 Å². The fourth-order valence-corrected chi connectivity index (χ4v) is 13.0. The molecule has 0 aromatic carbocycles. The average Bonchev–Trinajstić information content (AvgIpc) is 0.818. The summed E-state index contributed by atoms with van der Waals surface area (Å²) in [5.74, 6) is -3.71. The highest BCUT2D eigenvalue weighted by Crippen LogP contribution is 2.28. The van der Waals surface area contributed by atoms with Gasteiger partial charge in [0.2, 0.25) is 59.1 Å². The summed E-state index contributed by atoms with van der Waals surface area (Å²) in [7, 11) is 1.66. The van der Waals surface area contributed by atoms with Gasteiger partial charge in [0.25, 0.3) is 0 Å². The van der Waals surface area contributed by atoms with Gasteiger partial charge in [-0.05, 0) is 83.5 Å². The molecule has 0 aromatic rings. The molecule has 0 radical (unpaired) electrons. The lowest BCUT2D eigenvalue weighted by Crippen LogP contribution is -2.64. The number of carbonyl (C=O) groups is 10. The first-order valence-corrected chi connectivity index (χ1v) is 39.2. The van der Waals surface area contributed by atoms with E-state index in [-0.39, 0.29) is 173 Å². The number of aliphatic hydroxyl groups is 9. The fraction of sp³-hybridized carbons (Fsp3) is 0.861. The van der Waals surface area contributed by atoms with E-state index < -0.39 is 153 Å². The van der Waals surface area contributed by atoms with Crippen molar-refractivity contribution in [2.45, 2.75) is 247 Å². The molecule has 16 unspecified atom stereocenters. The minimum Gasteiger partial charge on any atom is -0.394 e. The Kier molecular flexibility index (Phi) is 50.0. The summed E-state index contributed by atoms with van der Waals surface area (Å²) in [5, 5.41) is 118. The number of aliphatic hydroxyl groups excluding tert-OH is 9. The van der Waals surface area contributed by atoms with Crippen LogP contribution in [0.4, 0.5) is 0 Å². The van der Waals surface area contributed by atoms with Crippen LogP contribution in [-0.2, 0) is 95.3 Å². The van der Waals surface area contributed by atoms with E-state index in [0.717, 1.165) is 12.8 Å². The van der Waals surface area contributed by atoms with Gasteiger partial charge in [0.1, 0.15) is 73.1 Å². The molecular formula is C72H129N11O29. The predicted octanol–water partition coefficient (Wildman–Crippen LogP) is -6.54. The van der Waals surface area contributed by atoms with Crippen molar-refractivity contribution in [2.24, 2.45) is 5.92 Å². The van der Waals surface area contributed by atoms with Crippen molar-refractivity contribution in [3.8, 4) is 0 Å². The van der Waals surface area contributed by atoms with E-state index in [1.165, 1.54) is 25.7 Å². The molecule has 1 aliphatic carbocycles. The molecule has 40 heteroatoms. The van der Waals surface area contributed by atoms with E-state index in [9.17, 15) is 93.9 Å². The second-order valence-electron chi connectivity index (χ2n) is 28.1. The molecule has 40 nitrogen and oxygen atoms in total. The molecule has 1 saturated carbocycles. The van der Waals surface area contributed by atoms with Gasteiger partial charge in [-0.1, -0.05) is 19.3 Å². The maximum atomic E-state index is 14.4. The summed E-state index contributed by atoms with van der Waals surface area (Å²) in [6.07, 6.45) is -6.30. The topological polar surface area (TPSA) is 569 Å². The summed E-state index contributed by atoms with van der Waals surface area (Å²) >= 11 is 0. The molecule has 646 valence electrons. The molecule has 10 amide bonds. The highest BCUT2D eigenvalue weighted by atomic mass is 16.7. The molecule has 0 aromatic heterocycles. The van der Waals surface area contributed by atoms with Crippen molar-refractivity contribution >= 4 is 59.1 Å². The van der Waals surface area contributed by atoms with Crippen molar-refractivity contribution < 1.29 is 141 Å². The van der Waals surface area contributed by atoms with Gasteiger partial charge in [-0.25, -0.2) is 0 Å². The van der Waals surface area contributed by atoms with Crippen LogP contribution in [0.2, 0.25) is 0 Å². The largest absolute Gasteiger partial charge is 0.394 e. The zero-order chi connectivity index (χ0) is 82.2. The standard InChI is InChI=1S/C72H129N11O29/c1-45(87)80-59-65(98)62(95)51(42-84)110-70(59)107-37-34-104-31-28-75-54(90)17-8-5-12-24-73-57(93)40-83(41-58(94)74-25-13-6-9-18-55(91)76-29-32-105-35-38-108-71-60(81-46(2)88)66(99)63(96)52(43-85)111-71)50(16-11-15-27-78-68(101)48-20-22-49(103-4)23-21-48)69(102)79-26-14-7-10-19-56(92)77-30-33-106-36-39-109-72-61(82-47(3)89)67(100)64(97)53(44-86)112-72/h48-53,59-67,70-72,84-86,95-100H,5-44H2,1-4H3,(H,73,93)(H,74,94)(H,75,90)(H,76,91)(H,77,92)(H,78,101)(H,79,102)(H,80,87)(H,81,88)(H,82,89). The number of methoxy groups -OCH3 is 1. The minimum absolute atomic E-state index is 0.0386. The molecule has 3 heterocycles. The Morgan fingerprint density at radius 2 is 0.714 bits per heavy atom. The van der Waals surface area contributed by atoms with Gasteiger partial charge in [0.15, 0.2) is 18.9 Å². The quantitative estimate of drug-likeness (QED) is 0.0252. The first kappa shape index (κ1) is 98.3. The van der Waals surface area contributed by atoms with Crippen LogP contribution in [0.3, 0.4) is 0 Å². The highest BCUT2D eigenvalue weighted by Gasteiger charge is 2.48. The molecule has 16 atom stereocenters. The molecule has 0 bridgehead atoms. The summed E-state index contributed by atoms with van der Waals surface area (Å²) in [6, 6.07) is -4.29. The summed E-state index contributed by atoms with van der Waals surface area (Å²) < 4.78 is 55.7. The lowest BCUT2D eigenvalue weighted by atomic mass is 9.87. The van der Waals surface area contributed by atoms with Crippen LogP contribution >= 0.6 is 0 Å². The molecule has 4 aliphatic rings. The Balaban J connectivity index is 1.27. The maximum absolute atomic E-state index is 14.4. The number of unbranched alkanes of at least 4 members (excludes halogenated alkanes) is 7. The van der Waals surface area contributed by atoms with Gasteiger partial charge in [-0.3, -0.25) is 52.8 Å². The number of carbonyl (C=O) groups excluding carboxylic acids is 10. The number of nitrogens with one attached hydrogen (secondary N) is 10. The first-order valence-electron chi connectivity index (χ1n) is 39.2. The highest BCUT2D eigenvalue weighted by molar-refractivity contribution is 5.86. The summed E-state index contributed by atoms with van der Waals surface area (Å²) in [5.41, 5.74) is 0. The number of nitrogens with zero attached hydrogens (tertiary/aromatic N) is 1. The van der Waals surface area contributed by atoms with Crippen molar-refractivity contribution in [3.05, 3.63) is 0 Å². The number of hydrogen-bond acceptors (Lipinski definition) is 30. The van der Waals surface area contributed by atoms with Crippen molar-refractivity contribution in [3.63, 3.8) is 0 Å². The second-order valence-corrected chi connectivity index (χ2v) is 28.1. The molecule has 3 aliphatic heterocycles. The Labute approximate surface area is 654 Å². The predicted molar refractivity (Wildman–Crippen MR) is 395 cm³/mol. The summed E-state index contributed by atoms with van der Waals surface area (Å²) in [4.78, 5) is 130. The van der Waals surface area contributed by atoms with Gasteiger partial charge < -0.3 is 146 Å². The molecule has 4 rings (SSSR count). The van der Waals surface area contributed by atoms with Crippen LogP contribution in [0.1, 0.15) is 143 Å². The van der Waals surface area contributed by atoms with Crippen LogP contribution < -0.4 is 53.2 Å². The van der Waals surface area contributed by atoms with Gasteiger partial charge in [0.05, 0.1) is 105 Å². The molecule has 3 saturated heterocycles. The lowest BCUT2D eigenvalue weighted by molar-refractivity contribution is -0.272. The zero-order valence-corrected chi connectivity index (χ0v) is 65.3. The van der Waals surface area contributed by atoms with Crippen molar-refractivity contribution in [2.75, 3.05) is 145 Å².